The monoisotopic (exact) mass is 403 g/mol. The highest BCUT2D eigenvalue weighted by Gasteiger charge is 2.29. The summed E-state index contributed by atoms with van der Waals surface area (Å²) in [7, 11) is 0. The number of halogens is 1. The average molecular weight is 404 g/mol. The van der Waals surface area contributed by atoms with Crippen LogP contribution in [0.1, 0.15) is 57.3 Å². The van der Waals surface area contributed by atoms with Crippen molar-refractivity contribution in [1.29, 1.82) is 0 Å². The molecule has 25 heavy (non-hydrogen) atoms. The van der Waals surface area contributed by atoms with E-state index >= 15 is 0 Å². The average Bonchev–Trinajstić information content (AvgIpc) is 3.27. The van der Waals surface area contributed by atoms with Crippen molar-refractivity contribution in [3.05, 3.63) is 34.6 Å². The molecule has 1 saturated heterocycles. The standard InChI is InChI=1S/C20H26BrN3O/c21-18-11-5-4-10-17(18)20-23-22-19(25-20)14-24-12-6-9-16(24)13-15-7-2-1-3-8-15/h4-5,10-11,15-16H,1-3,6-9,12-14H2/t16-/m1/s1. The van der Waals surface area contributed by atoms with Crippen molar-refractivity contribution in [2.45, 2.75) is 64.0 Å². The lowest BCUT2D eigenvalue weighted by Gasteiger charge is -2.29. The molecule has 0 N–H and O–H groups in total. The number of likely N-dealkylation sites (tertiary alicyclic amines) is 1. The van der Waals surface area contributed by atoms with Crippen molar-refractivity contribution >= 4 is 15.9 Å². The number of aromatic nitrogens is 2. The van der Waals surface area contributed by atoms with Gasteiger partial charge in [0, 0.05) is 10.5 Å². The maximum atomic E-state index is 5.96. The third-order valence-corrected chi connectivity index (χ3v) is 6.43. The predicted octanol–water partition coefficient (Wildman–Crippen LogP) is 5.43. The van der Waals surface area contributed by atoms with E-state index in [9.17, 15) is 0 Å². The van der Waals surface area contributed by atoms with Gasteiger partial charge in [-0.1, -0.05) is 44.2 Å². The Hall–Kier alpha value is -1.20. The van der Waals surface area contributed by atoms with E-state index in [0.717, 1.165) is 34.9 Å². The fraction of sp³-hybridized carbons (Fsp3) is 0.600. The summed E-state index contributed by atoms with van der Waals surface area (Å²) in [5.41, 5.74) is 0.960. The van der Waals surface area contributed by atoms with Gasteiger partial charge >= 0.3 is 0 Å². The van der Waals surface area contributed by atoms with Crippen molar-refractivity contribution in [3.8, 4) is 11.5 Å². The molecule has 1 aromatic carbocycles. The second kappa shape index (κ2) is 8.00. The molecule has 134 valence electrons. The highest BCUT2D eigenvalue weighted by atomic mass is 79.9. The number of nitrogens with zero attached hydrogens (tertiary/aromatic N) is 3. The van der Waals surface area contributed by atoms with Crippen LogP contribution in [0.3, 0.4) is 0 Å². The summed E-state index contributed by atoms with van der Waals surface area (Å²) in [6.07, 6.45) is 11.1. The van der Waals surface area contributed by atoms with Crippen LogP contribution in [0.2, 0.25) is 0 Å². The molecule has 0 bridgehead atoms. The first-order valence-electron chi connectivity index (χ1n) is 9.61. The van der Waals surface area contributed by atoms with E-state index in [1.165, 1.54) is 51.4 Å². The van der Waals surface area contributed by atoms with E-state index in [1.54, 1.807) is 0 Å². The normalized spacial score (nSPS) is 22.5. The van der Waals surface area contributed by atoms with E-state index in [2.05, 4.69) is 31.0 Å². The van der Waals surface area contributed by atoms with E-state index in [-0.39, 0.29) is 0 Å². The van der Waals surface area contributed by atoms with Gasteiger partial charge in [0.15, 0.2) is 0 Å². The van der Waals surface area contributed by atoms with Crippen LogP contribution in [0.5, 0.6) is 0 Å². The molecule has 2 aliphatic rings. The van der Waals surface area contributed by atoms with E-state index < -0.39 is 0 Å². The first kappa shape index (κ1) is 17.2. The molecule has 2 heterocycles. The van der Waals surface area contributed by atoms with Gasteiger partial charge in [0.25, 0.3) is 0 Å². The number of benzene rings is 1. The van der Waals surface area contributed by atoms with Crippen LogP contribution in [0.15, 0.2) is 33.2 Å². The van der Waals surface area contributed by atoms with Crippen LogP contribution < -0.4 is 0 Å². The minimum Gasteiger partial charge on any atom is -0.419 e. The van der Waals surface area contributed by atoms with Gasteiger partial charge in [-0.15, -0.1) is 10.2 Å². The third kappa shape index (κ3) is 4.14. The van der Waals surface area contributed by atoms with E-state index in [0.29, 0.717) is 11.9 Å². The largest absolute Gasteiger partial charge is 0.419 e. The Bertz CT molecular complexity index is 696. The molecular weight excluding hydrogens is 378 g/mol. The highest BCUT2D eigenvalue weighted by Crippen LogP contribution is 2.33. The Labute approximate surface area is 158 Å². The Kier molecular flexibility index (Phi) is 5.51. The van der Waals surface area contributed by atoms with Gasteiger partial charge in [-0.3, -0.25) is 4.90 Å². The lowest BCUT2D eigenvalue weighted by Crippen LogP contribution is -2.31. The molecule has 0 amide bonds. The fourth-order valence-electron chi connectivity index (χ4n) is 4.41. The van der Waals surface area contributed by atoms with Crippen LogP contribution in [-0.4, -0.2) is 27.7 Å². The molecule has 2 aromatic rings. The maximum Gasteiger partial charge on any atom is 0.248 e. The van der Waals surface area contributed by atoms with Gasteiger partial charge in [0.1, 0.15) is 0 Å². The van der Waals surface area contributed by atoms with E-state index in [1.807, 2.05) is 24.3 Å². The summed E-state index contributed by atoms with van der Waals surface area (Å²) >= 11 is 3.56. The number of hydrogen-bond acceptors (Lipinski definition) is 4. The first-order chi connectivity index (χ1) is 12.3. The molecule has 1 atom stereocenters. The molecule has 1 aliphatic heterocycles. The quantitative estimate of drug-likeness (QED) is 0.666. The van der Waals surface area contributed by atoms with Crippen LogP contribution in [0.25, 0.3) is 11.5 Å². The zero-order valence-electron chi connectivity index (χ0n) is 14.7. The van der Waals surface area contributed by atoms with Gasteiger partial charge in [0.05, 0.1) is 12.1 Å². The van der Waals surface area contributed by atoms with Gasteiger partial charge in [0.2, 0.25) is 11.8 Å². The molecule has 1 aliphatic carbocycles. The smallest absolute Gasteiger partial charge is 0.248 e. The van der Waals surface area contributed by atoms with Crippen molar-refractivity contribution in [2.75, 3.05) is 6.54 Å². The summed E-state index contributed by atoms with van der Waals surface area (Å²) in [4.78, 5) is 2.56. The minimum atomic E-state index is 0.602. The molecule has 0 radical (unpaired) electrons. The molecule has 5 heteroatoms. The zero-order valence-corrected chi connectivity index (χ0v) is 16.2. The second-order valence-electron chi connectivity index (χ2n) is 7.49. The molecule has 1 aromatic heterocycles. The minimum absolute atomic E-state index is 0.602. The van der Waals surface area contributed by atoms with Crippen LogP contribution in [-0.2, 0) is 6.54 Å². The lowest BCUT2D eigenvalue weighted by atomic mass is 9.84. The summed E-state index contributed by atoms with van der Waals surface area (Å²) in [5, 5.41) is 8.56. The fourth-order valence-corrected chi connectivity index (χ4v) is 4.87. The first-order valence-corrected chi connectivity index (χ1v) is 10.4. The molecule has 4 nitrogen and oxygen atoms in total. The second-order valence-corrected chi connectivity index (χ2v) is 8.34. The van der Waals surface area contributed by atoms with Gasteiger partial charge in [-0.25, -0.2) is 0 Å². The van der Waals surface area contributed by atoms with Crippen LogP contribution in [0, 0.1) is 5.92 Å². The Morgan fingerprint density at radius 1 is 1.04 bits per heavy atom. The summed E-state index contributed by atoms with van der Waals surface area (Å²) < 4.78 is 6.94. The molecule has 1 saturated carbocycles. The van der Waals surface area contributed by atoms with Gasteiger partial charge in [-0.2, -0.15) is 0 Å². The Morgan fingerprint density at radius 3 is 2.72 bits per heavy atom. The summed E-state index contributed by atoms with van der Waals surface area (Å²) in [6, 6.07) is 8.68. The van der Waals surface area contributed by atoms with Gasteiger partial charge < -0.3 is 4.42 Å². The predicted molar refractivity (Wildman–Crippen MR) is 102 cm³/mol. The highest BCUT2D eigenvalue weighted by molar-refractivity contribution is 9.10. The zero-order chi connectivity index (χ0) is 17.1. The molecule has 0 spiro atoms. The third-order valence-electron chi connectivity index (χ3n) is 5.74. The lowest BCUT2D eigenvalue weighted by molar-refractivity contribution is 0.179. The van der Waals surface area contributed by atoms with Crippen molar-refractivity contribution in [1.82, 2.24) is 15.1 Å². The van der Waals surface area contributed by atoms with Gasteiger partial charge in [-0.05, 0) is 59.8 Å². The molecule has 0 unspecified atom stereocenters. The molecule has 2 fully saturated rings. The van der Waals surface area contributed by atoms with Crippen molar-refractivity contribution in [3.63, 3.8) is 0 Å². The SMILES string of the molecule is Brc1ccccc1-c1nnc(CN2CCC[C@@H]2CC2CCCCC2)o1. The van der Waals surface area contributed by atoms with E-state index in [4.69, 9.17) is 4.42 Å². The maximum absolute atomic E-state index is 5.96. The van der Waals surface area contributed by atoms with Crippen molar-refractivity contribution < 1.29 is 4.42 Å². The van der Waals surface area contributed by atoms with Crippen molar-refractivity contribution in [2.24, 2.45) is 5.92 Å². The summed E-state index contributed by atoms with van der Waals surface area (Å²) in [6.45, 7) is 1.94. The number of rotatable bonds is 5. The Morgan fingerprint density at radius 2 is 1.88 bits per heavy atom. The van der Waals surface area contributed by atoms with Crippen LogP contribution >= 0.6 is 15.9 Å². The van der Waals surface area contributed by atoms with Crippen LogP contribution in [0.4, 0.5) is 0 Å². The Balaban J connectivity index is 1.40. The molecular formula is C20H26BrN3O. The molecule has 4 rings (SSSR count). The number of hydrogen-bond donors (Lipinski definition) is 0. The summed E-state index contributed by atoms with van der Waals surface area (Å²) in [5.74, 6) is 2.27. The topological polar surface area (TPSA) is 42.2 Å².